The number of benzene rings is 1. The molecule has 1 N–H and O–H groups in total. The van der Waals surface area contributed by atoms with Crippen LogP contribution < -0.4 is 9.46 Å². The Morgan fingerprint density at radius 1 is 1.23 bits per heavy atom. The van der Waals surface area contributed by atoms with Crippen LogP contribution in [0.3, 0.4) is 0 Å². The van der Waals surface area contributed by atoms with Crippen LogP contribution in [-0.4, -0.2) is 21.6 Å². The summed E-state index contributed by atoms with van der Waals surface area (Å²) in [6, 6.07) is 5.26. The summed E-state index contributed by atoms with van der Waals surface area (Å²) in [6.07, 6.45) is 4.62. The van der Waals surface area contributed by atoms with E-state index in [9.17, 15) is 8.42 Å². The van der Waals surface area contributed by atoms with Crippen LogP contribution in [0.2, 0.25) is 0 Å². The number of hydrogen-bond acceptors (Lipinski definition) is 3. The van der Waals surface area contributed by atoms with Crippen LogP contribution in [-0.2, 0) is 10.0 Å². The molecule has 3 atom stereocenters. The van der Waals surface area contributed by atoms with Gasteiger partial charge in [0.25, 0.3) is 0 Å². The van der Waals surface area contributed by atoms with Crippen molar-refractivity contribution < 1.29 is 13.2 Å². The van der Waals surface area contributed by atoms with Gasteiger partial charge in [-0.15, -0.1) is 0 Å². The number of sulfonamides is 1. The summed E-state index contributed by atoms with van der Waals surface area (Å²) in [5, 5.41) is 0. The predicted octanol–water partition coefficient (Wildman–Crippen LogP) is 3.29. The molecule has 3 unspecified atom stereocenters. The Morgan fingerprint density at radius 3 is 2.55 bits per heavy atom. The molecule has 2 bridgehead atoms. The highest BCUT2D eigenvalue weighted by molar-refractivity contribution is 7.89. The van der Waals surface area contributed by atoms with E-state index < -0.39 is 10.0 Å². The molecule has 0 radical (unpaired) electrons. The van der Waals surface area contributed by atoms with Gasteiger partial charge < -0.3 is 4.74 Å². The molecule has 0 saturated heterocycles. The molecule has 0 aromatic heterocycles. The van der Waals surface area contributed by atoms with Crippen molar-refractivity contribution in [3.63, 3.8) is 0 Å². The summed E-state index contributed by atoms with van der Waals surface area (Å²) in [5.41, 5.74) is 0.929. The molecule has 22 heavy (non-hydrogen) atoms. The smallest absolute Gasteiger partial charge is 0.240 e. The van der Waals surface area contributed by atoms with Gasteiger partial charge in [-0.25, -0.2) is 13.1 Å². The standard InChI is InChI=1S/C17H25NO3S/c1-11(2)15-10-14(6-7-17(15)21-3)22(19,20)18-16-9-12-4-5-13(16)8-12/h6-7,10-13,16,18H,4-5,8-9H2,1-3H3. The molecular formula is C17H25NO3S. The van der Waals surface area contributed by atoms with E-state index in [1.165, 1.54) is 12.8 Å². The third kappa shape index (κ3) is 2.88. The first-order valence-electron chi connectivity index (χ1n) is 8.11. The third-order valence-electron chi connectivity index (χ3n) is 5.18. The second kappa shape index (κ2) is 5.85. The molecule has 3 rings (SSSR count). The van der Waals surface area contributed by atoms with Gasteiger partial charge in [0.1, 0.15) is 5.75 Å². The van der Waals surface area contributed by atoms with Crippen LogP contribution in [0.5, 0.6) is 5.75 Å². The van der Waals surface area contributed by atoms with Gasteiger partial charge in [0.05, 0.1) is 12.0 Å². The summed E-state index contributed by atoms with van der Waals surface area (Å²) in [7, 11) is -1.84. The Morgan fingerprint density at radius 2 is 2.00 bits per heavy atom. The van der Waals surface area contributed by atoms with Crippen LogP contribution in [0.4, 0.5) is 0 Å². The van der Waals surface area contributed by atoms with Gasteiger partial charge in [-0.1, -0.05) is 20.3 Å². The highest BCUT2D eigenvalue weighted by Crippen LogP contribution is 2.45. The zero-order valence-electron chi connectivity index (χ0n) is 13.5. The van der Waals surface area contributed by atoms with Gasteiger partial charge in [-0.05, 0) is 60.8 Å². The van der Waals surface area contributed by atoms with E-state index in [1.54, 1.807) is 25.3 Å². The minimum absolute atomic E-state index is 0.119. The Labute approximate surface area is 133 Å². The fraction of sp³-hybridized carbons (Fsp3) is 0.647. The maximum atomic E-state index is 12.7. The molecule has 0 spiro atoms. The SMILES string of the molecule is COc1ccc(S(=O)(=O)NC2CC3CCC2C3)cc1C(C)C. The molecule has 1 aromatic carbocycles. The summed E-state index contributed by atoms with van der Waals surface area (Å²) in [4.78, 5) is 0.347. The van der Waals surface area contributed by atoms with Gasteiger partial charge >= 0.3 is 0 Å². The predicted molar refractivity (Wildman–Crippen MR) is 86.6 cm³/mol. The molecule has 2 aliphatic rings. The molecule has 2 aliphatic carbocycles. The first kappa shape index (κ1) is 15.8. The number of methoxy groups -OCH3 is 1. The van der Waals surface area contributed by atoms with Gasteiger partial charge in [-0.2, -0.15) is 0 Å². The Hall–Kier alpha value is -1.07. The maximum Gasteiger partial charge on any atom is 0.240 e. The molecular weight excluding hydrogens is 298 g/mol. The Kier molecular flexibility index (Phi) is 4.21. The number of hydrogen-bond donors (Lipinski definition) is 1. The average molecular weight is 323 g/mol. The largest absolute Gasteiger partial charge is 0.496 e. The lowest BCUT2D eigenvalue weighted by Crippen LogP contribution is -2.38. The van der Waals surface area contributed by atoms with E-state index in [0.717, 1.165) is 30.1 Å². The minimum atomic E-state index is -3.45. The van der Waals surface area contributed by atoms with E-state index in [1.807, 2.05) is 13.8 Å². The number of nitrogens with one attached hydrogen (secondary N) is 1. The highest BCUT2D eigenvalue weighted by Gasteiger charge is 2.41. The van der Waals surface area contributed by atoms with Gasteiger partial charge in [0.15, 0.2) is 0 Å². The molecule has 5 heteroatoms. The summed E-state index contributed by atoms with van der Waals surface area (Å²) in [5.74, 6) is 2.21. The van der Waals surface area contributed by atoms with Crippen LogP contribution >= 0.6 is 0 Å². The fourth-order valence-corrected chi connectivity index (χ4v) is 5.34. The zero-order chi connectivity index (χ0) is 15.9. The van der Waals surface area contributed by atoms with E-state index in [0.29, 0.717) is 10.8 Å². The molecule has 122 valence electrons. The van der Waals surface area contributed by atoms with Crippen LogP contribution in [0.15, 0.2) is 23.1 Å². The first-order valence-corrected chi connectivity index (χ1v) is 9.59. The van der Waals surface area contributed by atoms with Crippen molar-refractivity contribution in [2.24, 2.45) is 11.8 Å². The lowest BCUT2D eigenvalue weighted by Gasteiger charge is -2.23. The lowest BCUT2D eigenvalue weighted by atomic mass is 9.96. The number of fused-ring (bicyclic) bond motifs is 2. The van der Waals surface area contributed by atoms with Crippen LogP contribution in [0.25, 0.3) is 0 Å². The van der Waals surface area contributed by atoms with Crippen molar-refractivity contribution >= 4 is 10.0 Å². The van der Waals surface area contributed by atoms with Gasteiger partial charge in [0.2, 0.25) is 10.0 Å². The third-order valence-corrected chi connectivity index (χ3v) is 6.67. The van der Waals surface area contributed by atoms with E-state index in [4.69, 9.17) is 4.74 Å². The number of rotatable bonds is 5. The van der Waals surface area contributed by atoms with Crippen molar-refractivity contribution in [1.29, 1.82) is 0 Å². The Balaban J connectivity index is 1.84. The van der Waals surface area contributed by atoms with Crippen molar-refractivity contribution in [3.05, 3.63) is 23.8 Å². The Bertz CT molecular complexity index is 654. The van der Waals surface area contributed by atoms with Crippen molar-refractivity contribution in [1.82, 2.24) is 4.72 Å². The normalized spacial score (nSPS) is 27.5. The summed E-state index contributed by atoms with van der Waals surface area (Å²) >= 11 is 0. The minimum Gasteiger partial charge on any atom is -0.496 e. The quantitative estimate of drug-likeness (QED) is 0.904. The molecule has 0 aliphatic heterocycles. The topological polar surface area (TPSA) is 55.4 Å². The molecule has 0 amide bonds. The molecule has 4 nitrogen and oxygen atoms in total. The monoisotopic (exact) mass is 323 g/mol. The zero-order valence-corrected chi connectivity index (χ0v) is 14.3. The first-order chi connectivity index (χ1) is 10.4. The van der Waals surface area contributed by atoms with Crippen LogP contribution in [0, 0.1) is 11.8 Å². The average Bonchev–Trinajstić information content (AvgIpc) is 3.08. The maximum absolute atomic E-state index is 12.7. The fourth-order valence-electron chi connectivity index (χ4n) is 3.99. The van der Waals surface area contributed by atoms with Crippen molar-refractivity contribution in [2.75, 3.05) is 7.11 Å². The lowest BCUT2D eigenvalue weighted by molar-refractivity contribution is 0.390. The highest BCUT2D eigenvalue weighted by atomic mass is 32.2. The molecule has 0 heterocycles. The van der Waals surface area contributed by atoms with Gasteiger partial charge in [-0.3, -0.25) is 0 Å². The van der Waals surface area contributed by atoms with E-state index >= 15 is 0 Å². The summed E-state index contributed by atoms with van der Waals surface area (Å²) < 4.78 is 33.6. The second-order valence-electron chi connectivity index (χ2n) is 6.96. The van der Waals surface area contributed by atoms with Crippen LogP contribution in [0.1, 0.15) is 51.0 Å². The molecule has 1 aromatic rings. The van der Waals surface area contributed by atoms with E-state index in [-0.39, 0.29) is 12.0 Å². The van der Waals surface area contributed by atoms with Crippen molar-refractivity contribution in [3.8, 4) is 5.75 Å². The van der Waals surface area contributed by atoms with Crippen molar-refractivity contribution in [2.45, 2.75) is 56.4 Å². The molecule has 2 saturated carbocycles. The van der Waals surface area contributed by atoms with E-state index in [2.05, 4.69) is 4.72 Å². The summed E-state index contributed by atoms with van der Waals surface area (Å²) in [6.45, 7) is 4.08. The second-order valence-corrected chi connectivity index (χ2v) is 8.68. The van der Waals surface area contributed by atoms with Gasteiger partial charge in [0, 0.05) is 6.04 Å². The number of ether oxygens (including phenoxy) is 1. The molecule has 2 fully saturated rings.